The van der Waals surface area contributed by atoms with Crippen molar-refractivity contribution in [3.05, 3.63) is 33.3 Å². The molecule has 1 aromatic carbocycles. The molecule has 0 unspecified atom stereocenters. The topological polar surface area (TPSA) is 26.0 Å². The van der Waals surface area contributed by atoms with E-state index in [1.54, 1.807) is 0 Å². The number of hydrogen-bond donors (Lipinski definition) is 1. The van der Waals surface area contributed by atoms with E-state index in [9.17, 15) is 0 Å². The average molecular weight is 311 g/mol. The van der Waals surface area contributed by atoms with Crippen LogP contribution in [0.4, 0.5) is 0 Å². The molecule has 0 saturated heterocycles. The van der Waals surface area contributed by atoms with Gasteiger partial charge in [0.05, 0.1) is 0 Å². The molecule has 15 heavy (non-hydrogen) atoms. The SMILES string of the molecule is Cl.N[C@H](c1ccc(Cl)cc1Br)C1CCC1. The molecule has 0 radical (unpaired) electrons. The van der Waals surface area contributed by atoms with Crippen molar-refractivity contribution in [1.29, 1.82) is 0 Å². The minimum Gasteiger partial charge on any atom is -0.324 e. The smallest absolute Gasteiger partial charge is 0.0417 e. The van der Waals surface area contributed by atoms with Crippen molar-refractivity contribution in [2.24, 2.45) is 11.7 Å². The van der Waals surface area contributed by atoms with Gasteiger partial charge in [-0.05, 0) is 36.5 Å². The van der Waals surface area contributed by atoms with Crippen molar-refractivity contribution in [3.8, 4) is 0 Å². The summed E-state index contributed by atoms with van der Waals surface area (Å²) in [5.41, 5.74) is 7.36. The van der Waals surface area contributed by atoms with Gasteiger partial charge in [0.1, 0.15) is 0 Å². The van der Waals surface area contributed by atoms with Gasteiger partial charge in [-0.3, -0.25) is 0 Å². The molecule has 0 amide bonds. The summed E-state index contributed by atoms with van der Waals surface area (Å²) in [6, 6.07) is 6.00. The number of nitrogens with two attached hydrogens (primary N) is 1. The number of hydrogen-bond acceptors (Lipinski definition) is 1. The molecule has 0 bridgehead atoms. The fourth-order valence-electron chi connectivity index (χ4n) is 1.82. The molecule has 2 N–H and O–H groups in total. The lowest BCUT2D eigenvalue weighted by Crippen LogP contribution is -2.27. The van der Waals surface area contributed by atoms with Crippen molar-refractivity contribution < 1.29 is 0 Å². The van der Waals surface area contributed by atoms with Crippen molar-refractivity contribution >= 4 is 39.9 Å². The Hall–Kier alpha value is 0.240. The third-order valence-electron chi connectivity index (χ3n) is 2.98. The molecular weight excluding hydrogens is 297 g/mol. The monoisotopic (exact) mass is 309 g/mol. The predicted octanol–water partition coefficient (Wildman–Crippen LogP) is 4.32. The van der Waals surface area contributed by atoms with E-state index < -0.39 is 0 Å². The Kier molecular flexibility index (Phi) is 4.91. The summed E-state index contributed by atoms with van der Waals surface area (Å²) in [6.45, 7) is 0. The first kappa shape index (κ1) is 13.3. The van der Waals surface area contributed by atoms with Crippen molar-refractivity contribution in [1.82, 2.24) is 0 Å². The van der Waals surface area contributed by atoms with Crippen LogP contribution in [-0.4, -0.2) is 0 Å². The Morgan fingerprint density at radius 3 is 2.53 bits per heavy atom. The van der Waals surface area contributed by atoms with Crippen LogP contribution < -0.4 is 5.73 Å². The molecule has 1 atom stereocenters. The summed E-state index contributed by atoms with van der Waals surface area (Å²) in [5, 5.41) is 0.751. The lowest BCUT2D eigenvalue weighted by molar-refractivity contribution is 0.264. The van der Waals surface area contributed by atoms with Crippen molar-refractivity contribution in [3.63, 3.8) is 0 Å². The molecule has 1 aromatic rings. The molecule has 84 valence electrons. The largest absolute Gasteiger partial charge is 0.324 e. The molecule has 1 nitrogen and oxygen atoms in total. The maximum Gasteiger partial charge on any atom is 0.0417 e. The van der Waals surface area contributed by atoms with E-state index in [1.165, 1.54) is 24.8 Å². The zero-order valence-electron chi connectivity index (χ0n) is 8.25. The van der Waals surface area contributed by atoms with Crippen molar-refractivity contribution in [2.45, 2.75) is 25.3 Å². The molecule has 2 rings (SSSR count). The minimum absolute atomic E-state index is 0. The normalized spacial score (nSPS) is 17.8. The molecule has 1 aliphatic carbocycles. The molecular formula is C11H14BrCl2N. The second-order valence-corrected chi connectivity index (χ2v) is 5.17. The van der Waals surface area contributed by atoms with Gasteiger partial charge in [0.2, 0.25) is 0 Å². The van der Waals surface area contributed by atoms with Gasteiger partial charge in [-0.2, -0.15) is 0 Å². The van der Waals surface area contributed by atoms with Gasteiger partial charge in [0, 0.05) is 15.5 Å². The first-order valence-electron chi connectivity index (χ1n) is 4.89. The van der Waals surface area contributed by atoms with Gasteiger partial charge in [-0.15, -0.1) is 12.4 Å². The fraction of sp³-hybridized carbons (Fsp3) is 0.455. The van der Waals surface area contributed by atoms with Gasteiger partial charge in [-0.25, -0.2) is 0 Å². The molecule has 0 heterocycles. The average Bonchev–Trinajstić information content (AvgIpc) is 2.00. The first-order valence-corrected chi connectivity index (χ1v) is 6.06. The Balaban J connectivity index is 0.00000112. The van der Waals surface area contributed by atoms with Crippen LogP contribution in [0.25, 0.3) is 0 Å². The second kappa shape index (κ2) is 5.53. The van der Waals surface area contributed by atoms with Crippen LogP contribution >= 0.6 is 39.9 Å². The van der Waals surface area contributed by atoms with Crippen LogP contribution in [0.15, 0.2) is 22.7 Å². The molecule has 1 fully saturated rings. The maximum atomic E-state index is 6.18. The maximum absolute atomic E-state index is 6.18. The number of halogens is 3. The zero-order chi connectivity index (χ0) is 10.1. The van der Waals surface area contributed by atoms with E-state index in [1.807, 2.05) is 18.2 Å². The Bertz CT molecular complexity index is 339. The van der Waals surface area contributed by atoms with E-state index in [-0.39, 0.29) is 18.4 Å². The standard InChI is InChI=1S/C11H13BrClN.ClH/c12-10-6-8(13)4-5-9(10)11(14)7-2-1-3-7;/h4-7,11H,1-3,14H2;1H/t11-;/m0./s1. The summed E-state index contributed by atoms with van der Waals surface area (Å²) >= 11 is 9.38. The summed E-state index contributed by atoms with van der Waals surface area (Å²) in [5.74, 6) is 0.660. The molecule has 0 aliphatic heterocycles. The van der Waals surface area contributed by atoms with Crippen LogP contribution in [0.1, 0.15) is 30.9 Å². The highest BCUT2D eigenvalue weighted by Gasteiger charge is 2.26. The zero-order valence-corrected chi connectivity index (χ0v) is 11.4. The van der Waals surface area contributed by atoms with Crippen LogP contribution in [0.5, 0.6) is 0 Å². The van der Waals surface area contributed by atoms with Crippen LogP contribution in [0.3, 0.4) is 0 Å². The third kappa shape index (κ3) is 2.88. The van der Waals surface area contributed by atoms with Crippen LogP contribution in [0, 0.1) is 5.92 Å². The molecule has 1 aliphatic rings. The Labute approximate surface area is 110 Å². The van der Waals surface area contributed by atoms with Gasteiger partial charge in [0.25, 0.3) is 0 Å². The minimum atomic E-state index is 0. The lowest BCUT2D eigenvalue weighted by atomic mass is 9.78. The summed E-state index contributed by atoms with van der Waals surface area (Å²) in [6.07, 6.45) is 3.84. The highest BCUT2D eigenvalue weighted by Crippen LogP contribution is 2.38. The third-order valence-corrected chi connectivity index (χ3v) is 3.90. The van der Waals surface area contributed by atoms with Gasteiger partial charge in [-0.1, -0.05) is 40.0 Å². The van der Waals surface area contributed by atoms with E-state index in [0.29, 0.717) is 5.92 Å². The van der Waals surface area contributed by atoms with E-state index in [2.05, 4.69) is 15.9 Å². The second-order valence-electron chi connectivity index (χ2n) is 3.88. The van der Waals surface area contributed by atoms with Gasteiger partial charge in [0.15, 0.2) is 0 Å². The first-order chi connectivity index (χ1) is 6.68. The lowest BCUT2D eigenvalue weighted by Gasteiger charge is -2.32. The fourth-order valence-corrected chi connectivity index (χ4v) is 2.77. The highest BCUT2D eigenvalue weighted by atomic mass is 79.9. The van der Waals surface area contributed by atoms with E-state index in [0.717, 1.165) is 9.50 Å². The molecule has 0 aromatic heterocycles. The Morgan fingerprint density at radius 1 is 1.40 bits per heavy atom. The van der Waals surface area contributed by atoms with Crippen molar-refractivity contribution in [2.75, 3.05) is 0 Å². The van der Waals surface area contributed by atoms with Gasteiger partial charge >= 0.3 is 0 Å². The van der Waals surface area contributed by atoms with E-state index in [4.69, 9.17) is 17.3 Å². The van der Waals surface area contributed by atoms with E-state index >= 15 is 0 Å². The summed E-state index contributed by atoms with van der Waals surface area (Å²) in [4.78, 5) is 0. The number of rotatable bonds is 2. The molecule has 0 spiro atoms. The molecule has 4 heteroatoms. The highest BCUT2D eigenvalue weighted by molar-refractivity contribution is 9.10. The predicted molar refractivity (Wildman–Crippen MR) is 70.7 cm³/mol. The Morgan fingerprint density at radius 2 is 2.07 bits per heavy atom. The van der Waals surface area contributed by atoms with Gasteiger partial charge < -0.3 is 5.73 Å². The quantitative estimate of drug-likeness (QED) is 0.864. The number of benzene rings is 1. The van der Waals surface area contributed by atoms with Crippen LogP contribution in [-0.2, 0) is 0 Å². The summed E-state index contributed by atoms with van der Waals surface area (Å²) < 4.78 is 1.03. The summed E-state index contributed by atoms with van der Waals surface area (Å²) in [7, 11) is 0. The van der Waals surface area contributed by atoms with Crippen LogP contribution in [0.2, 0.25) is 5.02 Å². The molecule has 1 saturated carbocycles.